The zero-order valence-electron chi connectivity index (χ0n) is 9.29. The molecule has 0 amide bonds. The van der Waals surface area contributed by atoms with Gasteiger partial charge >= 0.3 is 35.5 Å². The summed E-state index contributed by atoms with van der Waals surface area (Å²) in [5.74, 6) is 2.82. The first-order valence-electron chi connectivity index (χ1n) is 4.06. The number of carbonyl (C=O) groups is 1. The van der Waals surface area contributed by atoms with Gasteiger partial charge in [-0.15, -0.1) is 0 Å². The van der Waals surface area contributed by atoms with Gasteiger partial charge in [-0.25, -0.2) is 0 Å². The van der Waals surface area contributed by atoms with E-state index in [0.717, 1.165) is 17.3 Å². The summed E-state index contributed by atoms with van der Waals surface area (Å²) in [6.45, 7) is 7.75. The van der Waals surface area contributed by atoms with Crippen LogP contribution in [0.1, 0.15) is 27.7 Å². The molecule has 0 aromatic heterocycles. The third-order valence-corrected chi connectivity index (χ3v) is 5.62. The SMILES string of the molecule is CCS(CC)(CC)OC(C)=O.[Na+].[OH-]. The van der Waals surface area contributed by atoms with E-state index in [9.17, 15) is 4.79 Å². The van der Waals surface area contributed by atoms with E-state index in [1.807, 2.05) is 0 Å². The van der Waals surface area contributed by atoms with E-state index in [1.54, 1.807) is 0 Å². The molecule has 0 saturated heterocycles. The summed E-state index contributed by atoms with van der Waals surface area (Å²) >= 11 is 0. The molecular formula is C8H19NaO3S. The average molecular weight is 218 g/mol. The standard InChI is InChI=1S/C8H18O2S.Na.H2O/c1-5-11(6-2,7-3)10-8(4)9;;/h5-7H2,1-4H3;;1H2/q;+1;/p-1. The van der Waals surface area contributed by atoms with Crippen LogP contribution in [0.3, 0.4) is 0 Å². The normalized spacial score (nSPS) is 10.8. The number of carbonyl (C=O) groups excluding carboxylic acids is 1. The molecule has 13 heavy (non-hydrogen) atoms. The van der Waals surface area contributed by atoms with Gasteiger partial charge in [0.25, 0.3) is 0 Å². The Bertz CT molecular complexity index is 129. The zero-order chi connectivity index (χ0) is 8.91. The van der Waals surface area contributed by atoms with Crippen molar-refractivity contribution < 1.29 is 44.0 Å². The molecular weight excluding hydrogens is 199 g/mol. The van der Waals surface area contributed by atoms with Gasteiger partial charge in [0.2, 0.25) is 0 Å². The summed E-state index contributed by atoms with van der Waals surface area (Å²) < 4.78 is 5.33. The molecule has 0 aliphatic heterocycles. The van der Waals surface area contributed by atoms with Crippen molar-refractivity contribution in [2.24, 2.45) is 0 Å². The summed E-state index contributed by atoms with van der Waals surface area (Å²) in [5, 5.41) is 0. The first kappa shape index (κ1) is 19.4. The zero-order valence-corrected chi connectivity index (χ0v) is 12.1. The van der Waals surface area contributed by atoms with Crippen molar-refractivity contribution in [1.29, 1.82) is 0 Å². The molecule has 0 rings (SSSR count). The molecule has 0 heterocycles. The van der Waals surface area contributed by atoms with Crippen LogP contribution in [0.5, 0.6) is 0 Å². The smallest absolute Gasteiger partial charge is 0.870 e. The molecule has 0 saturated carbocycles. The van der Waals surface area contributed by atoms with Crippen LogP contribution in [-0.2, 0) is 8.98 Å². The molecule has 1 N–H and O–H groups in total. The third-order valence-electron chi connectivity index (χ3n) is 1.87. The van der Waals surface area contributed by atoms with E-state index in [0.29, 0.717) is 0 Å². The summed E-state index contributed by atoms with van der Waals surface area (Å²) in [7, 11) is -1.06. The molecule has 0 aromatic rings. The Labute approximate surface area is 105 Å². The van der Waals surface area contributed by atoms with Gasteiger partial charge in [0.1, 0.15) is 0 Å². The van der Waals surface area contributed by atoms with Crippen molar-refractivity contribution in [3.8, 4) is 0 Å². The van der Waals surface area contributed by atoms with E-state index in [4.69, 9.17) is 4.18 Å². The van der Waals surface area contributed by atoms with Gasteiger partial charge in [0, 0.05) is 24.2 Å². The fraction of sp³-hybridized carbons (Fsp3) is 0.875. The molecule has 0 bridgehead atoms. The Morgan fingerprint density at radius 2 is 1.46 bits per heavy atom. The second-order valence-electron chi connectivity index (χ2n) is 2.41. The predicted molar refractivity (Wildman–Crippen MR) is 52.9 cm³/mol. The Morgan fingerprint density at radius 3 is 1.54 bits per heavy atom. The molecule has 76 valence electrons. The predicted octanol–water partition coefficient (Wildman–Crippen LogP) is -0.844. The minimum Gasteiger partial charge on any atom is -0.870 e. The fourth-order valence-corrected chi connectivity index (χ4v) is 3.11. The Balaban J connectivity index is -0.000000500. The van der Waals surface area contributed by atoms with Gasteiger partial charge in [0.15, 0.2) is 0 Å². The largest absolute Gasteiger partial charge is 1.00 e. The molecule has 0 unspecified atom stereocenters. The van der Waals surface area contributed by atoms with Gasteiger partial charge < -0.3 is 9.66 Å². The van der Waals surface area contributed by atoms with Crippen LogP contribution < -0.4 is 29.6 Å². The van der Waals surface area contributed by atoms with Crippen molar-refractivity contribution in [3.63, 3.8) is 0 Å². The van der Waals surface area contributed by atoms with Crippen molar-refractivity contribution >= 4 is 16.3 Å². The van der Waals surface area contributed by atoms with Gasteiger partial charge in [-0.05, 0) is 0 Å². The summed E-state index contributed by atoms with van der Waals surface area (Å²) in [4.78, 5) is 10.7. The molecule has 0 radical (unpaired) electrons. The minimum absolute atomic E-state index is 0. The van der Waals surface area contributed by atoms with Crippen LogP contribution in [-0.4, -0.2) is 28.7 Å². The fourth-order valence-electron chi connectivity index (χ4n) is 1.04. The van der Waals surface area contributed by atoms with E-state index >= 15 is 0 Å². The van der Waals surface area contributed by atoms with Crippen LogP contribution >= 0.6 is 10.3 Å². The Morgan fingerprint density at radius 1 is 1.15 bits per heavy atom. The number of hydrogen-bond acceptors (Lipinski definition) is 3. The molecule has 0 aliphatic rings. The van der Waals surface area contributed by atoms with Crippen LogP contribution in [0.25, 0.3) is 0 Å². The van der Waals surface area contributed by atoms with Crippen molar-refractivity contribution in [1.82, 2.24) is 0 Å². The first-order chi connectivity index (χ1) is 5.10. The Kier molecular flexibility index (Phi) is 13.9. The third kappa shape index (κ3) is 6.80. The monoisotopic (exact) mass is 218 g/mol. The van der Waals surface area contributed by atoms with Crippen LogP contribution in [0.15, 0.2) is 0 Å². The van der Waals surface area contributed by atoms with Crippen LogP contribution in [0, 0.1) is 0 Å². The van der Waals surface area contributed by atoms with E-state index < -0.39 is 10.3 Å². The van der Waals surface area contributed by atoms with Gasteiger partial charge in [-0.2, -0.15) is 0 Å². The number of hydrogen-bond donors (Lipinski definition) is 0. The van der Waals surface area contributed by atoms with Crippen LogP contribution in [0.4, 0.5) is 0 Å². The first-order valence-corrected chi connectivity index (χ1v) is 6.13. The molecule has 0 aromatic carbocycles. The quantitative estimate of drug-likeness (QED) is 0.578. The van der Waals surface area contributed by atoms with Crippen molar-refractivity contribution in [2.75, 3.05) is 17.3 Å². The van der Waals surface area contributed by atoms with Gasteiger partial charge in [-0.1, -0.05) is 31.1 Å². The van der Waals surface area contributed by atoms with Crippen molar-refractivity contribution in [3.05, 3.63) is 0 Å². The van der Waals surface area contributed by atoms with E-state index in [1.165, 1.54) is 6.92 Å². The molecule has 0 fully saturated rings. The maximum absolute atomic E-state index is 10.7. The summed E-state index contributed by atoms with van der Waals surface area (Å²) in [6.07, 6.45) is 0. The topological polar surface area (TPSA) is 56.3 Å². The summed E-state index contributed by atoms with van der Waals surface area (Å²) in [6, 6.07) is 0. The second kappa shape index (κ2) is 9.34. The van der Waals surface area contributed by atoms with E-state index in [2.05, 4.69) is 20.8 Å². The summed E-state index contributed by atoms with van der Waals surface area (Å²) in [5.41, 5.74) is 0. The molecule has 0 atom stereocenters. The molecule has 0 spiro atoms. The Hall–Kier alpha value is 0.780. The van der Waals surface area contributed by atoms with Gasteiger partial charge in [-0.3, -0.25) is 4.79 Å². The maximum atomic E-state index is 10.7. The second-order valence-corrected chi connectivity index (χ2v) is 6.24. The molecule has 5 heteroatoms. The minimum atomic E-state index is -1.06. The van der Waals surface area contributed by atoms with E-state index in [-0.39, 0.29) is 41.0 Å². The average Bonchev–Trinajstić information content (AvgIpc) is 2.00. The molecule has 3 nitrogen and oxygen atoms in total. The maximum Gasteiger partial charge on any atom is 1.00 e. The molecule has 0 aliphatic carbocycles. The van der Waals surface area contributed by atoms with Crippen molar-refractivity contribution in [2.45, 2.75) is 27.7 Å². The van der Waals surface area contributed by atoms with Gasteiger partial charge in [0.05, 0.1) is 0 Å². The van der Waals surface area contributed by atoms with Crippen LogP contribution in [0.2, 0.25) is 0 Å². The number of rotatable bonds is 4.